The first-order chi connectivity index (χ1) is 17.0. The van der Waals surface area contributed by atoms with Gasteiger partial charge in [0.2, 0.25) is 6.41 Å². The van der Waals surface area contributed by atoms with Crippen LogP contribution in [0.3, 0.4) is 0 Å². The average Bonchev–Trinajstić information content (AvgIpc) is 3.22. The van der Waals surface area contributed by atoms with Crippen molar-refractivity contribution in [3.8, 4) is 0 Å². The van der Waals surface area contributed by atoms with Crippen LogP contribution in [0.15, 0.2) is 18.2 Å². The second-order valence-corrected chi connectivity index (χ2v) is 8.75. The molecule has 0 bridgehead atoms. The summed E-state index contributed by atoms with van der Waals surface area (Å²) in [5, 5.41) is 9.09. The number of hydrogen-bond donors (Lipinski definition) is 3. The number of carbonyl (C=O) groups is 1. The Morgan fingerprint density at radius 1 is 1.20 bits per heavy atom. The Bertz CT molecular complexity index is 1010. The molecule has 0 atom stereocenters. The molecule has 188 valence electrons. The molecule has 2 aromatic rings. The van der Waals surface area contributed by atoms with Crippen molar-refractivity contribution in [1.82, 2.24) is 20.6 Å². The van der Waals surface area contributed by atoms with E-state index in [0.29, 0.717) is 64.3 Å². The maximum absolute atomic E-state index is 14.5. The predicted molar refractivity (Wildman–Crippen MR) is 125 cm³/mol. The molecule has 0 saturated carbocycles. The Kier molecular flexibility index (Phi) is 8.94. The number of alkyl halides is 2. The minimum absolute atomic E-state index is 0.0384. The van der Waals surface area contributed by atoms with E-state index in [9.17, 15) is 18.0 Å². The van der Waals surface area contributed by atoms with Crippen molar-refractivity contribution in [2.45, 2.75) is 44.5 Å². The van der Waals surface area contributed by atoms with Crippen molar-refractivity contribution in [2.75, 3.05) is 38.3 Å². The third-order valence-electron chi connectivity index (χ3n) is 6.24. The zero-order valence-electron chi connectivity index (χ0n) is 19.4. The summed E-state index contributed by atoms with van der Waals surface area (Å²) in [6, 6.07) is 4.30. The fraction of sp³-hybridized carbons (Fsp3) is 0.522. The van der Waals surface area contributed by atoms with Crippen LogP contribution in [0.4, 0.5) is 19.0 Å². The molecule has 0 unspecified atom stereocenters. The van der Waals surface area contributed by atoms with Crippen LogP contribution >= 0.6 is 0 Å². The summed E-state index contributed by atoms with van der Waals surface area (Å²) in [7, 11) is 0. The molecule has 35 heavy (non-hydrogen) atoms. The predicted octanol–water partition coefficient (Wildman–Crippen LogP) is 2.09. The van der Waals surface area contributed by atoms with Crippen molar-refractivity contribution >= 4 is 18.9 Å². The largest absolute Gasteiger partial charge is 0.380 e. The number of amides is 1. The molecule has 12 heteroatoms. The highest BCUT2D eigenvalue weighted by Crippen LogP contribution is 2.29. The Morgan fingerprint density at radius 2 is 2.06 bits per heavy atom. The third-order valence-corrected chi connectivity index (χ3v) is 6.24. The number of rotatable bonds is 14. The molecule has 1 aromatic heterocycles. The second kappa shape index (κ2) is 12.3. The highest BCUT2D eigenvalue weighted by atomic mass is 19.3. The lowest BCUT2D eigenvalue weighted by atomic mass is 9.45. The molecular weight excluding hydrogens is 462 g/mol. The van der Waals surface area contributed by atoms with E-state index < -0.39 is 17.8 Å². The van der Waals surface area contributed by atoms with Crippen molar-refractivity contribution in [2.24, 2.45) is 0 Å². The minimum atomic E-state index is -2.87. The fourth-order valence-electron chi connectivity index (χ4n) is 4.24. The summed E-state index contributed by atoms with van der Waals surface area (Å²) in [6.07, 6.45) is 0.122. The number of carbonyl (C=O) groups excluding carboxylic acids is 1. The molecule has 2 aliphatic rings. The van der Waals surface area contributed by atoms with Gasteiger partial charge in [-0.05, 0) is 19.0 Å². The van der Waals surface area contributed by atoms with Gasteiger partial charge in [0.25, 0.3) is 6.43 Å². The van der Waals surface area contributed by atoms with Crippen LogP contribution in [0.2, 0.25) is 6.32 Å². The van der Waals surface area contributed by atoms with Crippen LogP contribution in [-0.2, 0) is 40.0 Å². The SMILES string of the molecule is O=CNCCOCCB1Cc2nc(CNC3COC3)nc(NCc3cccc(C(F)F)c3F)c2C1. The van der Waals surface area contributed by atoms with Crippen LogP contribution in [0.1, 0.15) is 34.6 Å². The van der Waals surface area contributed by atoms with Gasteiger partial charge < -0.3 is 25.4 Å². The first-order valence-electron chi connectivity index (χ1n) is 11.8. The first kappa shape index (κ1) is 25.4. The topological polar surface area (TPSA) is 97.4 Å². The van der Waals surface area contributed by atoms with E-state index in [0.717, 1.165) is 36.3 Å². The van der Waals surface area contributed by atoms with E-state index in [-0.39, 0.29) is 18.2 Å². The average molecular weight is 491 g/mol. The van der Waals surface area contributed by atoms with Gasteiger partial charge in [-0.2, -0.15) is 0 Å². The highest BCUT2D eigenvalue weighted by Gasteiger charge is 2.30. The maximum atomic E-state index is 14.5. The number of aromatic nitrogens is 2. The zero-order valence-corrected chi connectivity index (χ0v) is 19.4. The third kappa shape index (κ3) is 6.71. The number of fused-ring (bicyclic) bond motifs is 1. The molecule has 1 amide bonds. The molecular formula is C23H29BF3N5O3. The van der Waals surface area contributed by atoms with Gasteiger partial charge in [-0.3, -0.25) is 4.79 Å². The Hall–Kier alpha value is -2.70. The molecule has 0 aliphatic carbocycles. The number of nitrogens with zero attached hydrogens (tertiary/aromatic N) is 2. The zero-order chi connectivity index (χ0) is 24.6. The lowest BCUT2D eigenvalue weighted by Gasteiger charge is -2.26. The summed E-state index contributed by atoms with van der Waals surface area (Å²) in [4.78, 5) is 19.7. The molecule has 3 N–H and O–H groups in total. The molecule has 2 aliphatic heterocycles. The van der Waals surface area contributed by atoms with Crippen molar-refractivity contribution in [3.05, 3.63) is 52.2 Å². The molecule has 0 radical (unpaired) electrons. The molecule has 1 fully saturated rings. The Morgan fingerprint density at radius 3 is 2.80 bits per heavy atom. The maximum Gasteiger partial charge on any atom is 0.266 e. The molecule has 3 heterocycles. The fourth-order valence-corrected chi connectivity index (χ4v) is 4.24. The summed E-state index contributed by atoms with van der Waals surface area (Å²) >= 11 is 0. The standard InChI is InChI=1S/C23H29BF3N5O3/c25-21-15(2-1-3-17(21)22(26)27)10-30-23-18-8-24(4-6-34-7-5-28-14-33)9-19(18)31-20(32-23)11-29-16-12-35-13-16/h1-3,14,16,22,29H,4-13H2,(H,28,33)(H,30,31,32). The first-order valence-corrected chi connectivity index (χ1v) is 11.8. The summed E-state index contributed by atoms with van der Waals surface area (Å²) in [5.74, 6) is 0.334. The van der Waals surface area contributed by atoms with Crippen molar-refractivity contribution in [1.29, 1.82) is 0 Å². The van der Waals surface area contributed by atoms with Crippen LogP contribution in [0.25, 0.3) is 0 Å². The van der Waals surface area contributed by atoms with Crippen LogP contribution in [0, 0.1) is 5.82 Å². The van der Waals surface area contributed by atoms with Crippen molar-refractivity contribution < 1.29 is 27.4 Å². The molecule has 8 nitrogen and oxygen atoms in total. The van der Waals surface area contributed by atoms with Gasteiger partial charge in [0.1, 0.15) is 17.5 Å². The molecule has 0 spiro atoms. The van der Waals surface area contributed by atoms with E-state index in [4.69, 9.17) is 14.5 Å². The van der Waals surface area contributed by atoms with Crippen molar-refractivity contribution in [3.63, 3.8) is 0 Å². The summed E-state index contributed by atoms with van der Waals surface area (Å²) in [6.45, 7) is 3.63. The number of ether oxygens (including phenoxy) is 2. The second-order valence-electron chi connectivity index (χ2n) is 8.75. The summed E-state index contributed by atoms with van der Waals surface area (Å²) < 4.78 is 51.5. The van der Waals surface area contributed by atoms with Crippen LogP contribution in [0.5, 0.6) is 0 Å². The van der Waals surface area contributed by atoms with Gasteiger partial charge >= 0.3 is 0 Å². The van der Waals surface area contributed by atoms with Gasteiger partial charge in [-0.25, -0.2) is 23.1 Å². The van der Waals surface area contributed by atoms with Crippen LogP contribution in [-0.4, -0.2) is 62.1 Å². The monoisotopic (exact) mass is 491 g/mol. The Balaban J connectivity index is 1.43. The molecule has 4 rings (SSSR count). The van der Waals surface area contributed by atoms with Gasteiger partial charge in [-0.15, -0.1) is 0 Å². The van der Waals surface area contributed by atoms with E-state index in [1.807, 2.05) is 0 Å². The van der Waals surface area contributed by atoms with E-state index in [1.54, 1.807) is 0 Å². The quantitative estimate of drug-likeness (QED) is 0.212. The van der Waals surface area contributed by atoms with E-state index >= 15 is 0 Å². The lowest BCUT2D eigenvalue weighted by Crippen LogP contribution is -2.45. The van der Waals surface area contributed by atoms with Gasteiger partial charge in [0.15, 0.2) is 6.71 Å². The van der Waals surface area contributed by atoms with Gasteiger partial charge in [0.05, 0.1) is 38.0 Å². The molecule has 1 saturated heterocycles. The smallest absolute Gasteiger partial charge is 0.266 e. The van der Waals surface area contributed by atoms with Gasteiger partial charge in [-0.1, -0.05) is 18.2 Å². The van der Waals surface area contributed by atoms with E-state index in [2.05, 4.69) is 20.9 Å². The lowest BCUT2D eigenvalue weighted by molar-refractivity contribution is -0.109. The Labute approximate surface area is 202 Å². The minimum Gasteiger partial charge on any atom is -0.380 e. The highest BCUT2D eigenvalue weighted by molar-refractivity contribution is 6.59. The van der Waals surface area contributed by atoms with E-state index in [1.165, 1.54) is 12.1 Å². The van der Waals surface area contributed by atoms with Crippen LogP contribution < -0.4 is 16.0 Å². The number of anilines is 1. The summed E-state index contributed by atoms with van der Waals surface area (Å²) in [5.41, 5.74) is 1.47. The number of nitrogens with one attached hydrogen (secondary N) is 3. The number of benzene rings is 1. The van der Waals surface area contributed by atoms with Gasteiger partial charge in [0, 0.05) is 36.5 Å². The normalized spacial score (nSPS) is 15.3. The molecule has 1 aromatic carbocycles. The number of halogens is 3. The number of hydrogen-bond acceptors (Lipinski definition) is 7.